The number of unbranched alkanes of at least 4 members (excludes halogenated alkanes) is 2. The van der Waals surface area contributed by atoms with Crippen molar-refractivity contribution in [3.63, 3.8) is 0 Å². The monoisotopic (exact) mass is 1270 g/mol. The van der Waals surface area contributed by atoms with Crippen LogP contribution >= 0.6 is 0 Å². The minimum Gasteiger partial charge on any atom is -0.0654 e. The fraction of sp³-hybridized carbons (Fsp3) is 1.00. The van der Waals surface area contributed by atoms with Gasteiger partial charge in [-0.1, -0.05) is 99.3 Å². The average Bonchev–Trinajstić information content (AvgIpc) is 0.802. The fourth-order valence-corrected chi connectivity index (χ4v) is 39.6. The Morgan fingerprint density at radius 1 is 0.226 bits per heavy atom. The molecule has 0 saturated heterocycles. The molecule has 31 saturated carbocycles. The van der Waals surface area contributed by atoms with Crippen molar-refractivity contribution >= 4 is 0 Å². The molecule has 93 heavy (non-hydrogen) atoms. The average molecular weight is 1270 g/mol. The lowest BCUT2D eigenvalue weighted by atomic mass is 9.33. The van der Waals surface area contributed by atoms with Gasteiger partial charge in [0, 0.05) is 0 Å². The van der Waals surface area contributed by atoms with Crippen LogP contribution in [0, 0.1) is 254 Å². The lowest BCUT2D eigenvalue weighted by molar-refractivity contribution is -0.233. The quantitative estimate of drug-likeness (QED) is 0.151. The summed E-state index contributed by atoms with van der Waals surface area (Å²) >= 11 is 0. The zero-order chi connectivity index (χ0) is 61.9. The molecule has 23 atom stereocenters. The highest BCUT2D eigenvalue weighted by Gasteiger charge is 2.72. The maximum atomic E-state index is 2.48. The van der Waals surface area contributed by atoms with E-state index >= 15 is 0 Å². The van der Waals surface area contributed by atoms with Crippen molar-refractivity contribution in [3.8, 4) is 0 Å². The lowest BCUT2D eigenvalue weighted by Crippen LogP contribution is -2.65. The molecule has 31 aliphatic rings. The first-order chi connectivity index (χ1) is 45.7. The maximum absolute atomic E-state index is 2.48. The first kappa shape index (κ1) is 62.8. The molecule has 0 heteroatoms. The normalized spacial score (nSPS) is 61.1. The van der Waals surface area contributed by atoms with Gasteiger partial charge in [-0.05, 0) is 479 Å². The van der Waals surface area contributed by atoms with Crippen molar-refractivity contribution < 1.29 is 0 Å². The van der Waals surface area contributed by atoms with Gasteiger partial charge in [0.2, 0.25) is 0 Å². The van der Waals surface area contributed by atoms with Crippen LogP contribution < -0.4 is 0 Å². The fourth-order valence-electron chi connectivity index (χ4n) is 39.6. The molecule has 0 radical (unpaired) electrons. The van der Waals surface area contributed by atoms with Crippen molar-refractivity contribution in [2.45, 2.75) is 324 Å². The third kappa shape index (κ3) is 10.00. The number of hydrogen-bond acceptors (Lipinski definition) is 0. The summed E-state index contributed by atoms with van der Waals surface area (Å²) in [7, 11) is 0. The van der Waals surface area contributed by atoms with Gasteiger partial charge in [-0.2, -0.15) is 0 Å². The van der Waals surface area contributed by atoms with E-state index in [1.165, 1.54) is 212 Å². The van der Waals surface area contributed by atoms with Crippen molar-refractivity contribution in [2.24, 2.45) is 254 Å². The Morgan fingerprint density at radius 2 is 0.591 bits per heavy atom. The summed E-state index contributed by atoms with van der Waals surface area (Å²) in [4.78, 5) is 0. The van der Waals surface area contributed by atoms with Crippen LogP contribution in [0.15, 0.2) is 0 Å². The topological polar surface area (TPSA) is 0 Å². The van der Waals surface area contributed by atoms with Gasteiger partial charge in [0.1, 0.15) is 0 Å². The Kier molecular flexibility index (Phi) is 16.6. The molecule has 0 amide bonds. The molecular formula is C93H148. The van der Waals surface area contributed by atoms with Gasteiger partial charge in [-0.3, -0.25) is 0 Å². The van der Waals surface area contributed by atoms with E-state index in [1.54, 1.807) is 225 Å². The second-order valence-electron chi connectivity index (χ2n) is 43.6. The van der Waals surface area contributed by atoms with Gasteiger partial charge in [0.25, 0.3) is 0 Å². The van der Waals surface area contributed by atoms with Crippen molar-refractivity contribution in [2.75, 3.05) is 0 Å². The summed E-state index contributed by atoms with van der Waals surface area (Å²) in [5.74, 6) is 49.8. The van der Waals surface area contributed by atoms with E-state index in [1.807, 2.05) is 0 Å². The summed E-state index contributed by atoms with van der Waals surface area (Å²) in [6.45, 7) is 14.5. The molecule has 31 rings (SSSR count). The van der Waals surface area contributed by atoms with E-state index in [9.17, 15) is 0 Å². The van der Waals surface area contributed by atoms with E-state index in [2.05, 4.69) is 41.5 Å². The molecule has 0 aliphatic heterocycles. The Bertz CT molecular complexity index is 2490. The number of hydrogen-bond donors (Lipinski definition) is 0. The van der Waals surface area contributed by atoms with Crippen molar-refractivity contribution in [1.82, 2.24) is 0 Å². The molecule has 0 N–H and O–H groups in total. The first-order valence-corrected chi connectivity index (χ1v) is 45.7. The summed E-state index contributed by atoms with van der Waals surface area (Å²) in [6, 6.07) is 0. The summed E-state index contributed by atoms with van der Waals surface area (Å²) in [5.41, 5.74) is 0.841. The van der Waals surface area contributed by atoms with Crippen molar-refractivity contribution in [1.29, 1.82) is 0 Å². The van der Waals surface area contributed by atoms with Crippen LogP contribution in [0.4, 0.5) is 0 Å². The third-order valence-electron chi connectivity index (χ3n) is 41.2. The number of fused-ring (bicyclic) bond motifs is 29. The van der Waals surface area contributed by atoms with Gasteiger partial charge < -0.3 is 0 Å². The zero-order valence-electron chi connectivity index (χ0n) is 61.9. The molecule has 520 valence electrons. The predicted octanol–water partition coefficient (Wildman–Crippen LogP) is 25.4. The SMILES string of the molecule is CCC12CC3C4CC5CC3C(C1)C(C5)C4C2.CCC1CC2CC1C1C3CC(C4C5CCC(C5)C34)C21.CCC1CC2CC1C1C3CCC(C3)C21.CCC1CC2CCC1C1C3CCC(CC3)C21.CCCC1C2CC3CC(C2)CC1C3.CCCCCC1C2CC3CC(C2)CC1C3. The van der Waals surface area contributed by atoms with Gasteiger partial charge in [-0.15, -0.1) is 0 Å². The van der Waals surface area contributed by atoms with Crippen LogP contribution in [0.1, 0.15) is 324 Å². The van der Waals surface area contributed by atoms with Gasteiger partial charge >= 0.3 is 0 Å². The zero-order valence-corrected chi connectivity index (χ0v) is 61.9. The molecular weight excluding hydrogens is 1120 g/mol. The molecule has 31 aliphatic carbocycles. The van der Waals surface area contributed by atoms with Gasteiger partial charge in [-0.25, -0.2) is 0 Å². The second kappa shape index (κ2) is 24.6. The highest BCUT2D eigenvalue weighted by Crippen LogP contribution is 2.79. The Balaban J connectivity index is 0.0000000774. The maximum Gasteiger partial charge on any atom is -0.0292 e. The molecule has 0 heterocycles. The van der Waals surface area contributed by atoms with Crippen LogP contribution in [0.5, 0.6) is 0 Å². The predicted molar refractivity (Wildman–Crippen MR) is 386 cm³/mol. The highest BCUT2D eigenvalue weighted by molar-refractivity contribution is 5.20. The minimum atomic E-state index is 0.841. The molecule has 30 bridgehead atoms. The standard InChI is InChI=1S/C19H28.C16H24.C16H26.C15H26.C14H22.C13H22/c1-2-9-5-12-7-13(9)19-15-8-14(18(12)19)16-10-3-4-11(6-10)17(15)16;1-2-16-6-13-10-3-9-4-11(13)15(8-16)12(5-9)14(10)7-16;1-2-10-9-13-7-8-14(10)16-12-5-3-11(4-6-12)15(13)16;1-2-3-4-5-15-13-7-11-6-12(9-13)10-14(15)8-11;1-2-8-5-11-7-12(8)14-10-4-3-9(6-10)13(11)14;1-2-3-13-11-5-9-4-10(7-11)8-12(13)6-9/h9-19H,2-8H2,1H3;9-15H,2-8H2,1H3;10-16H,2-9H2,1H3;11-15H,2-10H2,1H3;8-14H,2-7H2,1H3;9-13H,2-8H2,1H3. The minimum absolute atomic E-state index is 0.841. The van der Waals surface area contributed by atoms with Crippen LogP contribution in [0.2, 0.25) is 0 Å². The van der Waals surface area contributed by atoms with Crippen molar-refractivity contribution in [3.05, 3.63) is 0 Å². The van der Waals surface area contributed by atoms with E-state index in [4.69, 9.17) is 0 Å². The summed E-state index contributed by atoms with van der Waals surface area (Å²) in [6.07, 6.45) is 70.1. The molecule has 0 aromatic carbocycles. The van der Waals surface area contributed by atoms with Crippen LogP contribution in [-0.2, 0) is 0 Å². The van der Waals surface area contributed by atoms with Gasteiger partial charge in [0.05, 0.1) is 0 Å². The largest absolute Gasteiger partial charge is 0.0654 e. The summed E-state index contributed by atoms with van der Waals surface area (Å²) in [5, 5.41) is 0. The third-order valence-corrected chi connectivity index (χ3v) is 41.2. The lowest BCUT2D eigenvalue weighted by Gasteiger charge is -2.72. The van der Waals surface area contributed by atoms with Crippen LogP contribution in [0.3, 0.4) is 0 Å². The van der Waals surface area contributed by atoms with Gasteiger partial charge in [0.15, 0.2) is 0 Å². The molecule has 0 aromatic rings. The van der Waals surface area contributed by atoms with E-state index in [0.29, 0.717) is 0 Å². The molecule has 0 nitrogen and oxygen atoms in total. The number of rotatable bonds is 10. The molecule has 0 aromatic heterocycles. The first-order valence-electron chi connectivity index (χ1n) is 45.7. The Hall–Kier alpha value is 0. The highest BCUT2D eigenvalue weighted by atomic mass is 14.8. The smallest absolute Gasteiger partial charge is 0.0292 e. The summed E-state index contributed by atoms with van der Waals surface area (Å²) < 4.78 is 0. The second-order valence-corrected chi connectivity index (χ2v) is 43.6. The molecule has 0 spiro atoms. The van der Waals surface area contributed by atoms with E-state index in [-0.39, 0.29) is 0 Å². The Labute approximate surface area is 574 Å². The van der Waals surface area contributed by atoms with Crippen LogP contribution in [0.25, 0.3) is 0 Å². The Morgan fingerprint density at radius 3 is 1.09 bits per heavy atom. The van der Waals surface area contributed by atoms with E-state index in [0.717, 1.165) is 100 Å². The van der Waals surface area contributed by atoms with Crippen LogP contribution in [-0.4, -0.2) is 0 Å². The molecule has 23 unspecified atom stereocenters. The van der Waals surface area contributed by atoms with E-state index < -0.39 is 0 Å². The molecule has 31 fully saturated rings.